The molecule has 3 rings (SSSR count). The molecule has 160 valence electrons. The maximum Gasteiger partial charge on any atom is 0.333 e. The highest BCUT2D eigenvalue weighted by Crippen LogP contribution is 2.23. The second-order valence-corrected chi connectivity index (χ2v) is 7.23. The third-order valence-corrected chi connectivity index (χ3v) is 5.35. The molecule has 1 unspecified atom stereocenters. The Bertz CT molecular complexity index is 792. The van der Waals surface area contributed by atoms with Crippen LogP contribution in [0, 0.1) is 13.8 Å². The Balaban J connectivity index is 0.00000300. The summed E-state index contributed by atoms with van der Waals surface area (Å²) in [7, 11) is 0. The Labute approximate surface area is 176 Å². The minimum Gasteiger partial charge on any atom is -0.333 e. The zero-order valence-corrected chi connectivity index (χ0v) is 17.6. The summed E-state index contributed by atoms with van der Waals surface area (Å²) in [5.41, 5.74) is 2.24. The number of aromatic nitrogens is 3. The summed E-state index contributed by atoms with van der Waals surface area (Å²) in [6.45, 7) is 2.78. The van der Waals surface area contributed by atoms with Gasteiger partial charge in [0.1, 0.15) is 0 Å². The van der Waals surface area contributed by atoms with Crippen molar-refractivity contribution in [1.29, 1.82) is 0 Å². The Hall–Kier alpha value is -2.06. The van der Waals surface area contributed by atoms with E-state index in [1.54, 1.807) is 20.0 Å². The van der Waals surface area contributed by atoms with Crippen LogP contribution in [0.15, 0.2) is 24.4 Å². The molecule has 1 aliphatic rings. The number of carbonyl (C=O) groups is 1. The van der Waals surface area contributed by atoms with Crippen LogP contribution in [0.3, 0.4) is 0 Å². The highest BCUT2D eigenvalue weighted by atomic mass is 35.5. The van der Waals surface area contributed by atoms with Gasteiger partial charge in [0.05, 0.1) is 24.4 Å². The summed E-state index contributed by atoms with van der Waals surface area (Å²) in [6.07, 6.45) is 4.57. The average Bonchev–Trinajstić information content (AvgIpc) is 2.86. The highest BCUT2D eigenvalue weighted by molar-refractivity contribution is 5.85. The molecule has 0 radical (unpaired) electrons. The van der Waals surface area contributed by atoms with Crippen LogP contribution in [0.4, 0.5) is 8.78 Å². The van der Waals surface area contributed by atoms with Crippen LogP contribution in [-0.2, 0) is 17.8 Å². The number of halogens is 3. The highest BCUT2D eigenvalue weighted by Gasteiger charge is 2.27. The first-order chi connectivity index (χ1) is 13.5. The van der Waals surface area contributed by atoms with Crippen LogP contribution >= 0.6 is 12.4 Å². The lowest BCUT2D eigenvalue weighted by Gasteiger charge is -2.31. The van der Waals surface area contributed by atoms with Gasteiger partial charge in [-0.15, -0.1) is 12.4 Å². The largest absolute Gasteiger partial charge is 0.333 e. The van der Waals surface area contributed by atoms with Gasteiger partial charge in [-0.1, -0.05) is 6.07 Å². The molecule has 29 heavy (non-hydrogen) atoms. The number of nitrogens with one attached hydrogen (secondary N) is 1. The van der Waals surface area contributed by atoms with Crippen molar-refractivity contribution in [3.8, 4) is 0 Å². The van der Waals surface area contributed by atoms with E-state index in [1.165, 1.54) is 0 Å². The smallest absolute Gasteiger partial charge is 0.333 e. The number of rotatable bonds is 6. The van der Waals surface area contributed by atoms with Gasteiger partial charge in [0.25, 0.3) is 0 Å². The molecule has 0 bridgehead atoms. The second kappa shape index (κ2) is 10.6. The number of carbonyl (C=O) groups excluding carboxylic acids is 1. The number of aryl methyl sites for hydroxylation is 1. The van der Waals surface area contributed by atoms with Crippen molar-refractivity contribution < 1.29 is 13.6 Å². The van der Waals surface area contributed by atoms with E-state index < -0.39 is 6.55 Å². The summed E-state index contributed by atoms with van der Waals surface area (Å²) >= 11 is 0. The van der Waals surface area contributed by atoms with Crippen molar-refractivity contribution in [3.63, 3.8) is 0 Å². The minimum atomic E-state index is -2.71. The van der Waals surface area contributed by atoms with E-state index in [2.05, 4.69) is 15.4 Å². The quantitative estimate of drug-likeness (QED) is 0.767. The van der Waals surface area contributed by atoms with Crippen molar-refractivity contribution >= 4 is 18.3 Å². The van der Waals surface area contributed by atoms with Gasteiger partial charge in [-0.25, -0.2) is 4.68 Å². The lowest BCUT2D eigenvalue weighted by atomic mass is 10.0. The Morgan fingerprint density at radius 2 is 2.10 bits per heavy atom. The van der Waals surface area contributed by atoms with Crippen LogP contribution < -0.4 is 5.32 Å². The van der Waals surface area contributed by atoms with E-state index in [0.29, 0.717) is 28.2 Å². The van der Waals surface area contributed by atoms with Crippen LogP contribution in [0.25, 0.3) is 0 Å². The van der Waals surface area contributed by atoms with Gasteiger partial charge in [0.2, 0.25) is 5.91 Å². The molecule has 1 amide bonds. The van der Waals surface area contributed by atoms with Gasteiger partial charge >= 0.3 is 6.55 Å². The minimum absolute atomic E-state index is 0. The van der Waals surface area contributed by atoms with Gasteiger partial charge in [0.15, 0.2) is 0 Å². The van der Waals surface area contributed by atoms with Crippen LogP contribution in [-0.4, -0.2) is 44.7 Å². The number of nitrogens with zero attached hydrogens (tertiary/aromatic N) is 4. The predicted octanol–water partition coefficient (Wildman–Crippen LogP) is 3.43. The summed E-state index contributed by atoms with van der Waals surface area (Å²) in [4.78, 5) is 19.5. The number of hydrogen-bond donors (Lipinski definition) is 1. The van der Waals surface area contributed by atoms with E-state index in [4.69, 9.17) is 0 Å². The maximum absolute atomic E-state index is 13.3. The number of alkyl halides is 2. The van der Waals surface area contributed by atoms with Crippen LogP contribution in [0.2, 0.25) is 0 Å². The molecule has 1 fully saturated rings. The molecule has 2 aromatic rings. The van der Waals surface area contributed by atoms with Gasteiger partial charge in [-0.2, -0.15) is 13.9 Å². The zero-order valence-electron chi connectivity index (χ0n) is 16.8. The van der Waals surface area contributed by atoms with Gasteiger partial charge in [0, 0.05) is 23.5 Å². The molecule has 1 saturated heterocycles. The van der Waals surface area contributed by atoms with Gasteiger partial charge in [-0.3, -0.25) is 9.78 Å². The molecule has 0 saturated carbocycles. The molecular weight excluding hydrogens is 400 g/mol. The first kappa shape index (κ1) is 23.2. The molecular formula is C20H28ClF2N5O. The van der Waals surface area contributed by atoms with Crippen molar-refractivity contribution in [2.24, 2.45) is 0 Å². The fourth-order valence-electron chi connectivity index (χ4n) is 3.80. The molecule has 3 heterocycles. The summed E-state index contributed by atoms with van der Waals surface area (Å²) in [5.74, 6) is -0.0717. The fourth-order valence-corrected chi connectivity index (χ4v) is 3.80. The number of hydrogen-bond acceptors (Lipinski definition) is 4. The molecule has 9 heteroatoms. The Kier molecular flexibility index (Phi) is 8.52. The SMILES string of the molecule is Cc1nn(C(F)F)c(C)c1CC(=O)N(Cc1ccccn1)C1CCCNCC1.Cl. The van der Waals surface area contributed by atoms with Gasteiger partial charge in [-0.05, 0) is 58.3 Å². The van der Waals surface area contributed by atoms with Crippen molar-refractivity contribution in [2.75, 3.05) is 13.1 Å². The first-order valence-corrected chi connectivity index (χ1v) is 9.70. The molecule has 0 aromatic carbocycles. The molecule has 1 atom stereocenters. The topological polar surface area (TPSA) is 63.1 Å². The monoisotopic (exact) mass is 427 g/mol. The molecule has 2 aromatic heterocycles. The van der Waals surface area contributed by atoms with Crippen molar-refractivity contribution in [2.45, 2.75) is 58.7 Å². The number of pyridine rings is 1. The lowest BCUT2D eigenvalue weighted by Crippen LogP contribution is -2.41. The molecule has 0 spiro atoms. The van der Waals surface area contributed by atoms with Crippen LogP contribution in [0.1, 0.15) is 48.5 Å². The first-order valence-electron chi connectivity index (χ1n) is 9.70. The van der Waals surface area contributed by atoms with E-state index in [0.717, 1.165) is 38.0 Å². The molecule has 0 aliphatic carbocycles. The van der Waals surface area contributed by atoms with Crippen molar-refractivity contribution in [3.05, 3.63) is 47.0 Å². The maximum atomic E-state index is 13.3. The normalized spacial score (nSPS) is 16.9. The third-order valence-electron chi connectivity index (χ3n) is 5.35. The number of amides is 1. The lowest BCUT2D eigenvalue weighted by molar-refractivity contribution is -0.133. The van der Waals surface area contributed by atoms with E-state index in [9.17, 15) is 13.6 Å². The molecule has 1 N–H and O–H groups in total. The van der Waals surface area contributed by atoms with Crippen LogP contribution in [0.5, 0.6) is 0 Å². The average molecular weight is 428 g/mol. The van der Waals surface area contributed by atoms with E-state index in [-0.39, 0.29) is 30.8 Å². The van der Waals surface area contributed by atoms with Crippen molar-refractivity contribution in [1.82, 2.24) is 25.0 Å². The van der Waals surface area contributed by atoms with Gasteiger partial charge < -0.3 is 10.2 Å². The van der Waals surface area contributed by atoms with E-state index in [1.807, 2.05) is 23.1 Å². The van der Waals surface area contributed by atoms with E-state index >= 15 is 0 Å². The third kappa shape index (κ3) is 5.73. The molecule has 6 nitrogen and oxygen atoms in total. The Morgan fingerprint density at radius 1 is 1.31 bits per heavy atom. The fraction of sp³-hybridized carbons (Fsp3) is 0.550. The summed E-state index contributed by atoms with van der Waals surface area (Å²) in [5, 5.41) is 7.28. The predicted molar refractivity (Wildman–Crippen MR) is 109 cm³/mol. The Morgan fingerprint density at radius 3 is 2.76 bits per heavy atom. The summed E-state index contributed by atoms with van der Waals surface area (Å²) in [6, 6.07) is 5.76. The molecule has 1 aliphatic heterocycles. The zero-order chi connectivity index (χ0) is 20.1. The standard InChI is InChI=1S/C20H27F2N5O.ClH/c1-14-18(15(2)27(25-14)20(21)22)12-19(28)26(13-16-6-3-4-10-24-16)17-7-5-9-23-11-8-17;/h3-4,6,10,17,20,23H,5,7-9,11-13H2,1-2H3;1H. The summed E-state index contributed by atoms with van der Waals surface area (Å²) < 4.78 is 27.0. The second-order valence-electron chi connectivity index (χ2n) is 7.23.